The summed E-state index contributed by atoms with van der Waals surface area (Å²) in [4.78, 5) is 10.2. The third kappa shape index (κ3) is 2.41. The second kappa shape index (κ2) is 3.18. The van der Waals surface area contributed by atoms with Crippen molar-refractivity contribution in [2.45, 2.75) is 12.8 Å². The average molecular weight is 154 g/mol. The van der Waals surface area contributed by atoms with Gasteiger partial charge in [-0.2, -0.15) is 5.10 Å². The van der Waals surface area contributed by atoms with Crippen LogP contribution in [0.3, 0.4) is 0 Å². The fraction of sp³-hybridized carbons (Fsp3) is 0.429. The van der Waals surface area contributed by atoms with E-state index < -0.39 is 5.97 Å². The van der Waals surface area contributed by atoms with Crippen molar-refractivity contribution in [3.63, 3.8) is 0 Å². The van der Waals surface area contributed by atoms with Gasteiger partial charge in [-0.25, -0.2) is 0 Å². The van der Waals surface area contributed by atoms with Crippen LogP contribution in [0.2, 0.25) is 0 Å². The summed E-state index contributed by atoms with van der Waals surface area (Å²) in [5.74, 6) is -0.770. The van der Waals surface area contributed by atoms with Gasteiger partial charge in [0.25, 0.3) is 0 Å². The van der Waals surface area contributed by atoms with Crippen LogP contribution in [0.15, 0.2) is 12.4 Å². The van der Waals surface area contributed by atoms with E-state index in [0.717, 1.165) is 5.56 Å². The van der Waals surface area contributed by atoms with Gasteiger partial charge in [0.15, 0.2) is 0 Å². The number of hydrogen-bond donors (Lipinski definition) is 1. The molecule has 0 aromatic carbocycles. The fourth-order valence-corrected chi connectivity index (χ4v) is 0.852. The van der Waals surface area contributed by atoms with E-state index in [2.05, 4.69) is 5.10 Å². The SMILES string of the molecule is Cn1cc(CCC(=O)O)cn1. The highest BCUT2D eigenvalue weighted by molar-refractivity contribution is 5.67. The first-order valence-electron chi connectivity index (χ1n) is 3.38. The van der Waals surface area contributed by atoms with Crippen LogP contribution in [-0.2, 0) is 18.3 Å². The number of hydrogen-bond acceptors (Lipinski definition) is 2. The number of carbonyl (C=O) groups is 1. The first-order chi connectivity index (χ1) is 5.18. The van der Waals surface area contributed by atoms with E-state index in [-0.39, 0.29) is 6.42 Å². The second-order valence-electron chi connectivity index (χ2n) is 2.42. The number of aryl methyl sites for hydroxylation is 2. The van der Waals surface area contributed by atoms with Crippen molar-refractivity contribution >= 4 is 5.97 Å². The Balaban J connectivity index is 2.45. The molecule has 4 heteroatoms. The van der Waals surface area contributed by atoms with E-state index in [1.165, 1.54) is 0 Å². The quantitative estimate of drug-likeness (QED) is 0.687. The molecule has 0 amide bonds. The molecule has 1 heterocycles. The lowest BCUT2D eigenvalue weighted by Gasteiger charge is -1.89. The number of aliphatic carboxylic acids is 1. The Morgan fingerprint density at radius 3 is 3.00 bits per heavy atom. The second-order valence-corrected chi connectivity index (χ2v) is 2.42. The van der Waals surface area contributed by atoms with Gasteiger partial charge in [-0.3, -0.25) is 9.48 Å². The fourth-order valence-electron chi connectivity index (χ4n) is 0.852. The molecule has 60 valence electrons. The lowest BCUT2D eigenvalue weighted by atomic mass is 10.2. The van der Waals surface area contributed by atoms with Crippen molar-refractivity contribution < 1.29 is 9.90 Å². The highest BCUT2D eigenvalue weighted by atomic mass is 16.4. The van der Waals surface area contributed by atoms with Gasteiger partial charge in [-0.1, -0.05) is 0 Å². The van der Waals surface area contributed by atoms with Gasteiger partial charge in [-0.05, 0) is 12.0 Å². The van der Waals surface area contributed by atoms with Gasteiger partial charge >= 0.3 is 5.97 Å². The first kappa shape index (κ1) is 7.78. The number of aromatic nitrogens is 2. The van der Waals surface area contributed by atoms with E-state index in [4.69, 9.17) is 5.11 Å². The van der Waals surface area contributed by atoms with Gasteiger partial charge in [0.05, 0.1) is 6.20 Å². The van der Waals surface area contributed by atoms with Crippen LogP contribution in [0.5, 0.6) is 0 Å². The van der Waals surface area contributed by atoms with Gasteiger partial charge in [-0.15, -0.1) is 0 Å². The Morgan fingerprint density at radius 2 is 2.55 bits per heavy atom. The third-order valence-electron chi connectivity index (χ3n) is 1.39. The van der Waals surface area contributed by atoms with Crippen molar-refractivity contribution in [2.75, 3.05) is 0 Å². The highest BCUT2D eigenvalue weighted by Crippen LogP contribution is 1.99. The van der Waals surface area contributed by atoms with E-state index >= 15 is 0 Å². The highest BCUT2D eigenvalue weighted by Gasteiger charge is 1.99. The molecule has 0 saturated heterocycles. The molecule has 0 aliphatic heterocycles. The van der Waals surface area contributed by atoms with Crippen molar-refractivity contribution in [1.82, 2.24) is 9.78 Å². The van der Waals surface area contributed by atoms with E-state index in [1.807, 2.05) is 13.2 Å². The molecule has 0 fully saturated rings. The zero-order valence-corrected chi connectivity index (χ0v) is 6.32. The topological polar surface area (TPSA) is 55.1 Å². The van der Waals surface area contributed by atoms with Crippen molar-refractivity contribution in [3.05, 3.63) is 18.0 Å². The van der Waals surface area contributed by atoms with Crippen molar-refractivity contribution in [3.8, 4) is 0 Å². The first-order valence-corrected chi connectivity index (χ1v) is 3.38. The zero-order chi connectivity index (χ0) is 8.27. The Kier molecular flexibility index (Phi) is 2.25. The lowest BCUT2D eigenvalue weighted by molar-refractivity contribution is -0.136. The van der Waals surface area contributed by atoms with E-state index in [0.29, 0.717) is 6.42 Å². The number of carboxylic acids is 1. The molecule has 0 unspecified atom stereocenters. The third-order valence-corrected chi connectivity index (χ3v) is 1.39. The van der Waals surface area contributed by atoms with Crippen LogP contribution < -0.4 is 0 Å². The van der Waals surface area contributed by atoms with E-state index in [1.54, 1.807) is 10.9 Å². The van der Waals surface area contributed by atoms with Crippen LogP contribution >= 0.6 is 0 Å². The molecule has 1 N–H and O–H groups in total. The molecule has 0 bridgehead atoms. The zero-order valence-electron chi connectivity index (χ0n) is 6.32. The van der Waals surface area contributed by atoms with Crippen LogP contribution in [0.25, 0.3) is 0 Å². The summed E-state index contributed by atoms with van der Waals surface area (Å²) in [7, 11) is 1.81. The summed E-state index contributed by atoms with van der Waals surface area (Å²) in [5, 5.41) is 12.3. The average Bonchev–Trinajstić information content (AvgIpc) is 2.31. The Morgan fingerprint density at radius 1 is 1.82 bits per heavy atom. The Hall–Kier alpha value is -1.32. The van der Waals surface area contributed by atoms with Gasteiger partial charge in [0, 0.05) is 19.7 Å². The summed E-state index contributed by atoms with van der Waals surface area (Å²) in [5.41, 5.74) is 0.968. The Labute approximate surface area is 64.5 Å². The smallest absolute Gasteiger partial charge is 0.303 e. The maximum atomic E-state index is 10.2. The summed E-state index contributed by atoms with van der Waals surface area (Å²) in [6, 6.07) is 0. The monoisotopic (exact) mass is 154 g/mol. The van der Waals surface area contributed by atoms with E-state index in [9.17, 15) is 4.79 Å². The van der Waals surface area contributed by atoms with Crippen LogP contribution in [-0.4, -0.2) is 20.9 Å². The maximum Gasteiger partial charge on any atom is 0.303 e. The molecule has 1 aromatic rings. The maximum absolute atomic E-state index is 10.2. The molecule has 0 spiro atoms. The van der Waals surface area contributed by atoms with Gasteiger partial charge in [0.1, 0.15) is 0 Å². The number of nitrogens with zero attached hydrogens (tertiary/aromatic N) is 2. The van der Waals surface area contributed by atoms with Gasteiger partial charge in [0.2, 0.25) is 0 Å². The molecule has 11 heavy (non-hydrogen) atoms. The predicted octanol–water partition coefficient (Wildman–Crippen LogP) is 0.437. The largest absolute Gasteiger partial charge is 0.481 e. The summed E-state index contributed by atoms with van der Waals surface area (Å²) >= 11 is 0. The molecule has 0 aliphatic carbocycles. The lowest BCUT2D eigenvalue weighted by Crippen LogP contribution is -1.96. The molecule has 0 saturated carbocycles. The standard InChI is InChI=1S/C7H10N2O2/c1-9-5-6(4-8-9)2-3-7(10)11/h4-5H,2-3H2,1H3,(H,10,11). The molecule has 0 aliphatic rings. The molecular weight excluding hydrogens is 144 g/mol. The van der Waals surface area contributed by atoms with Gasteiger partial charge < -0.3 is 5.11 Å². The molecule has 0 atom stereocenters. The minimum Gasteiger partial charge on any atom is -0.481 e. The minimum absolute atomic E-state index is 0.172. The van der Waals surface area contributed by atoms with Crippen LogP contribution in [0.4, 0.5) is 0 Å². The molecule has 1 aromatic heterocycles. The molecule has 4 nitrogen and oxygen atoms in total. The van der Waals surface area contributed by atoms with Crippen LogP contribution in [0.1, 0.15) is 12.0 Å². The summed E-state index contributed by atoms with van der Waals surface area (Å²) in [6.45, 7) is 0. The predicted molar refractivity (Wildman–Crippen MR) is 39.2 cm³/mol. The number of carboxylic acid groups (broad SMARTS) is 1. The van der Waals surface area contributed by atoms with Crippen molar-refractivity contribution in [1.29, 1.82) is 0 Å². The summed E-state index contributed by atoms with van der Waals surface area (Å²) < 4.78 is 1.66. The van der Waals surface area contributed by atoms with Crippen LogP contribution in [0, 0.1) is 0 Å². The molecular formula is C7H10N2O2. The number of rotatable bonds is 3. The normalized spacial score (nSPS) is 9.91. The molecule has 0 radical (unpaired) electrons. The van der Waals surface area contributed by atoms with Crippen molar-refractivity contribution in [2.24, 2.45) is 7.05 Å². The Bertz CT molecular complexity index is 255. The molecule has 1 rings (SSSR count). The summed E-state index contributed by atoms with van der Waals surface area (Å²) in [6.07, 6.45) is 4.24. The minimum atomic E-state index is -0.770.